The maximum absolute atomic E-state index is 11.5. The van der Waals surface area contributed by atoms with Gasteiger partial charge >= 0.3 is 5.38 Å². The van der Waals surface area contributed by atoms with Gasteiger partial charge in [-0.1, -0.05) is 0 Å². The lowest BCUT2D eigenvalue weighted by atomic mass is 10.6. The van der Waals surface area contributed by atoms with E-state index in [1.54, 1.807) is 0 Å². The van der Waals surface area contributed by atoms with E-state index >= 15 is 0 Å². The first kappa shape index (κ1) is 9.04. The van der Waals surface area contributed by atoms with Gasteiger partial charge in [-0.3, -0.25) is 0 Å². The Kier molecular flexibility index (Phi) is 2.76. The molecule has 0 nitrogen and oxygen atoms in total. The first-order valence-electron chi connectivity index (χ1n) is 1.63. The van der Waals surface area contributed by atoms with E-state index < -0.39 is 16.5 Å². The van der Waals surface area contributed by atoms with Crippen LogP contribution < -0.4 is 0 Å². The first-order valence-corrected chi connectivity index (χ1v) is 2.39. The van der Waals surface area contributed by atoms with Crippen LogP contribution in [-0.4, -0.2) is 5.38 Å². The van der Waals surface area contributed by atoms with Crippen molar-refractivity contribution in [3.8, 4) is 0 Å². The second kappa shape index (κ2) is 2.75. The van der Waals surface area contributed by atoms with Crippen LogP contribution in [0.3, 0.4) is 0 Å². The Morgan fingerprint density at radius 3 is 1.56 bits per heavy atom. The summed E-state index contributed by atoms with van der Waals surface area (Å²) >= 11 is 8.17. The number of hydrogen-bond acceptors (Lipinski definition) is 0. The van der Waals surface area contributed by atoms with Crippen LogP contribution in [0.5, 0.6) is 0 Å². The van der Waals surface area contributed by atoms with Crippen LogP contribution in [0.2, 0.25) is 0 Å². The van der Waals surface area contributed by atoms with E-state index in [-0.39, 0.29) is 0 Å². The van der Waals surface area contributed by atoms with Gasteiger partial charge in [0.2, 0.25) is 11.1 Å². The van der Waals surface area contributed by atoms with E-state index in [2.05, 4.69) is 23.2 Å². The predicted molar refractivity (Wildman–Crippen MR) is 25.9 cm³/mol. The third-order valence-electron chi connectivity index (χ3n) is 0.415. The Labute approximate surface area is 58.0 Å². The summed E-state index contributed by atoms with van der Waals surface area (Å²) in [6, 6.07) is 0. The number of halogens is 6. The van der Waals surface area contributed by atoms with Crippen LogP contribution in [0.25, 0.3) is 0 Å². The minimum Gasteiger partial charge on any atom is -0.199 e. The molecule has 0 aliphatic rings. The SMILES string of the molecule is F/C(Cl)=C(\F)C(F)(F)Cl. The molecule has 9 heavy (non-hydrogen) atoms. The van der Waals surface area contributed by atoms with Crippen LogP contribution in [0.1, 0.15) is 0 Å². The molecular formula is C3Cl2F4. The molecule has 0 saturated carbocycles. The molecule has 0 aromatic rings. The molecule has 0 aliphatic heterocycles. The smallest absolute Gasteiger partial charge is 0.199 e. The quantitative estimate of drug-likeness (QED) is 0.432. The molecule has 0 spiro atoms. The minimum absolute atomic E-state index is 2.13. The van der Waals surface area contributed by atoms with Crippen molar-refractivity contribution in [2.24, 2.45) is 0 Å². The van der Waals surface area contributed by atoms with E-state index in [0.29, 0.717) is 0 Å². The van der Waals surface area contributed by atoms with Gasteiger partial charge in [-0.15, -0.1) is 0 Å². The van der Waals surface area contributed by atoms with E-state index in [9.17, 15) is 17.6 Å². The number of hydrogen-bond donors (Lipinski definition) is 0. The summed E-state index contributed by atoms with van der Waals surface area (Å²) in [7, 11) is 0. The van der Waals surface area contributed by atoms with Gasteiger partial charge in [0, 0.05) is 0 Å². The summed E-state index contributed by atoms with van der Waals surface area (Å²) in [5.74, 6) is -2.47. The van der Waals surface area contributed by atoms with Crippen LogP contribution in [0.15, 0.2) is 11.1 Å². The van der Waals surface area contributed by atoms with Gasteiger partial charge in [0.1, 0.15) is 0 Å². The first-order chi connectivity index (χ1) is 3.85. The van der Waals surface area contributed by atoms with Gasteiger partial charge in [0.05, 0.1) is 0 Å². The van der Waals surface area contributed by atoms with Crippen molar-refractivity contribution >= 4 is 23.2 Å². The summed E-state index contributed by atoms with van der Waals surface area (Å²) in [5.41, 5.74) is 0. The molecule has 0 radical (unpaired) electrons. The zero-order valence-electron chi connectivity index (χ0n) is 3.77. The Hall–Kier alpha value is 0.0400. The molecule has 0 N–H and O–H groups in total. The Bertz CT molecular complexity index is 131. The third-order valence-corrected chi connectivity index (χ3v) is 0.747. The van der Waals surface area contributed by atoms with Crippen molar-refractivity contribution in [1.82, 2.24) is 0 Å². The third kappa shape index (κ3) is 2.91. The molecule has 6 heteroatoms. The topological polar surface area (TPSA) is 0 Å². The average Bonchev–Trinajstić information content (AvgIpc) is 1.62. The van der Waals surface area contributed by atoms with Gasteiger partial charge in [0.15, 0.2) is 0 Å². The molecule has 0 heterocycles. The molecule has 0 fully saturated rings. The van der Waals surface area contributed by atoms with E-state index in [0.717, 1.165) is 0 Å². The standard InChI is InChI=1S/C3Cl2F4/c4-2(7)1(6)3(5,8)9/b2-1-. The summed E-state index contributed by atoms with van der Waals surface area (Å²) in [6.07, 6.45) is 0. The van der Waals surface area contributed by atoms with Gasteiger partial charge < -0.3 is 0 Å². The maximum Gasteiger partial charge on any atom is 0.377 e. The van der Waals surface area contributed by atoms with Crippen molar-refractivity contribution in [3.05, 3.63) is 11.1 Å². The Balaban J connectivity index is 4.40. The molecule has 0 bridgehead atoms. The number of alkyl halides is 3. The summed E-state index contributed by atoms with van der Waals surface area (Å²) < 4.78 is 45.6. The van der Waals surface area contributed by atoms with Crippen LogP contribution >= 0.6 is 23.2 Å². The van der Waals surface area contributed by atoms with E-state index in [4.69, 9.17) is 0 Å². The Morgan fingerprint density at radius 2 is 1.56 bits per heavy atom. The molecule has 0 unspecified atom stereocenters. The predicted octanol–water partition coefficient (Wildman–Crippen LogP) is 3.16. The molecular weight excluding hydrogens is 183 g/mol. The average molecular weight is 183 g/mol. The van der Waals surface area contributed by atoms with Gasteiger partial charge in [-0.2, -0.15) is 17.6 Å². The highest BCUT2D eigenvalue weighted by atomic mass is 35.5. The maximum atomic E-state index is 11.5. The zero-order valence-corrected chi connectivity index (χ0v) is 5.28. The highest BCUT2D eigenvalue weighted by Gasteiger charge is 2.35. The largest absolute Gasteiger partial charge is 0.377 e. The lowest BCUT2D eigenvalue weighted by molar-refractivity contribution is 0.106. The summed E-state index contributed by atoms with van der Waals surface area (Å²) in [5, 5.41) is -6.47. The van der Waals surface area contributed by atoms with Crippen LogP contribution in [0, 0.1) is 0 Å². The van der Waals surface area contributed by atoms with E-state index in [1.807, 2.05) is 0 Å². The fourth-order valence-electron chi connectivity index (χ4n) is 0.107. The molecule has 0 rings (SSSR count). The molecule has 0 saturated heterocycles. The lowest BCUT2D eigenvalue weighted by Crippen LogP contribution is -2.06. The number of rotatable bonds is 1. The molecule has 0 atom stereocenters. The van der Waals surface area contributed by atoms with Crippen molar-refractivity contribution in [2.75, 3.05) is 0 Å². The van der Waals surface area contributed by atoms with Gasteiger partial charge in [-0.25, -0.2) is 0 Å². The van der Waals surface area contributed by atoms with Crippen molar-refractivity contribution in [2.45, 2.75) is 5.38 Å². The highest BCUT2D eigenvalue weighted by molar-refractivity contribution is 6.30. The molecule has 54 valence electrons. The highest BCUT2D eigenvalue weighted by Crippen LogP contribution is 2.33. The number of allylic oxidation sites excluding steroid dienone is 1. The molecule has 0 amide bonds. The second-order valence-electron chi connectivity index (χ2n) is 1.07. The second-order valence-corrected chi connectivity index (χ2v) is 1.88. The molecule has 0 aromatic heterocycles. The van der Waals surface area contributed by atoms with Crippen LogP contribution in [-0.2, 0) is 0 Å². The van der Waals surface area contributed by atoms with Gasteiger partial charge in [0.25, 0.3) is 0 Å². The van der Waals surface area contributed by atoms with Crippen molar-refractivity contribution < 1.29 is 17.6 Å². The van der Waals surface area contributed by atoms with Crippen molar-refractivity contribution in [1.29, 1.82) is 0 Å². The Morgan fingerprint density at radius 1 is 1.22 bits per heavy atom. The molecule has 0 aromatic carbocycles. The van der Waals surface area contributed by atoms with Crippen LogP contribution in [0.4, 0.5) is 17.6 Å². The van der Waals surface area contributed by atoms with Crippen molar-refractivity contribution in [3.63, 3.8) is 0 Å². The summed E-state index contributed by atoms with van der Waals surface area (Å²) in [6.45, 7) is 0. The minimum atomic E-state index is -4.34. The lowest BCUT2D eigenvalue weighted by Gasteiger charge is -2.01. The fourth-order valence-corrected chi connectivity index (χ4v) is 0.357. The molecule has 0 aliphatic carbocycles. The van der Waals surface area contributed by atoms with Gasteiger partial charge in [-0.05, 0) is 23.2 Å². The zero-order chi connectivity index (χ0) is 7.65. The summed E-state index contributed by atoms with van der Waals surface area (Å²) in [4.78, 5) is 0. The normalized spacial score (nSPS) is 15.3. The van der Waals surface area contributed by atoms with E-state index in [1.165, 1.54) is 0 Å². The fraction of sp³-hybridized carbons (Fsp3) is 0.333. The monoisotopic (exact) mass is 182 g/mol.